The number of rotatable bonds is 4. The fraction of sp³-hybridized carbons (Fsp3) is 0.250. The van der Waals surface area contributed by atoms with Crippen LogP contribution in [0, 0.1) is 10.7 Å². The highest BCUT2D eigenvalue weighted by molar-refractivity contribution is 7.71. The van der Waals surface area contributed by atoms with E-state index in [0.717, 1.165) is 18.4 Å². The molecule has 3 aromatic rings. The molecule has 1 amide bonds. The number of amides is 1. The van der Waals surface area contributed by atoms with Gasteiger partial charge < -0.3 is 10.3 Å². The Morgan fingerprint density at radius 1 is 1.23 bits per heavy atom. The number of hydrogen-bond donors (Lipinski definition) is 2. The van der Waals surface area contributed by atoms with Gasteiger partial charge in [-0.1, -0.05) is 30.3 Å². The summed E-state index contributed by atoms with van der Waals surface area (Å²) in [5.41, 5.74) is 2.04. The van der Waals surface area contributed by atoms with Crippen molar-refractivity contribution in [2.75, 3.05) is 0 Å². The van der Waals surface area contributed by atoms with Gasteiger partial charge in [0, 0.05) is 12.6 Å². The Hall–Kier alpha value is -2.73. The molecule has 2 aromatic carbocycles. The van der Waals surface area contributed by atoms with Crippen LogP contribution in [0.5, 0.6) is 0 Å². The van der Waals surface area contributed by atoms with Crippen LogP contribution in [0.3, 0.4) is 0 Å². The Kier molecular flexibility index (Phi) is 4.20. The SMILES string of the molecule is Cn1c(=S)[nH]c2cc(C(=O)N[C@@H](c3ccccc3)C3CC3)ccc2c1=O. The number of nitrogens with zero attached hydrogens (tertiary/aromatic N) is 1. The predicted octanol–water partition coefficient (Wildman–Crippen LogP) is 3.48. The van der Waals surface area contributed by atoms with E-state index in [4.69, 9.17) is 12.2 Å². The van der Waals surface area contributed by atoms with E-state index < -0.39 is 0 Å². The van der Waals surface area contributed by atoms with E-state index in [1.165, 1.54) is 4.57 Å². The van der Waals surface area contributed by atoms with Gasteiger partial charge in [-0.25, -0.2) is 0 Å². The molecule has 0 radical (unpaired) electrons. The molecule has 5 nitrogen and oxygen atoms in total. The van der Waals surface area contributed by atoms with Gasteiger partial charge >= 0.3 is 0 Å². The van der Waals surface area contributed by atoms with Crippen LogP contribution in [0.2, 0.25) is 0 Å². The normalized spacial score (nSPS) is 15.0. The second kappa shape index (κ2) is 6.53. The first kappa shape index (κ1) is 16.7. The molecule has 132 valence electrons. The monoisotopic (exact) mass is 365 g/mol. The lowest BCUT2D eigenvalue weighted by Crippen LogP contribution is -2.30. The van der Waals surface area contributed by atoms with Crippen molar-refractivity contribution < 1.29 is 4.79 Å². The number of aromatic amines is 1. The molecule has 1 saturated carbocycles. The van der Waals surface area contributed by atoms with Gasteiger partial charge in [0.25, 0.3) is 11.5 Å². The molecular weight excluding hydrogens is 346 g/mol. The zero-order valence-corrected chi connectivity index (χ0v) is 15.2. The van der Waals surface area contributed by atoms with Crippen LogP contribution in [0.15, 0.2) is 53.3 Å². The molecule has 0 aliphatic heterocycles. The van der Waals surface area contributed by atoms with Crippen molar-refractivity contribution in [1.82, 2.24) is 14.9 Å². The van der Waals surface area contributed by atoms with Crippen molar-refractivity contribution in [1.29, 1.82) is 0 Å². The van der Waals surface area contributed by atoms with E-state index in [2.05, 4.69) is 10.3 Å². The summed E-state index contributed by atoms with van der Waals surface area (Å²) in [6.45, 7) is 0. The fourth-order valence-corrected chi connectivity index (χ4v) is 3.43. The molecule has 1 atom stereocenters. The molecule has 26 heavy (non-hydrogen) atoms. The summed E-state index contributed by atoms with van der Waals surface area (Å²) >= 11 is 5.16. The van der Waals surface area contributed by atoms with Crippen molar-refractivity contribution in [2.45, 2.75) is 18.9 Å². The summed E-state index contributed by atoms with van der Waals surface area (Å²) in [6.07, 6.45) is 2.25. The Morgan fingerprint density at radius 2 is 1.96 bits per heavy atom. The van der Waals surface area contributed by atoms with Crippen molar-refractivity contribution in [3.8, 4) is 0 Å². The largest absolute Gasteiger partial charge is 0.345 e. The maximum absolute atomic E-state index is 12.8. The minimum absolute atomic E-state index is 0.0153. The third kappa shape index (κ3) is 3.08. The minimum atomic E-state index is -0.171. The number of carbonyl (C=O) groups excluding carboxylic acids is 1. The highest BCUT2D eigenvalue weighted by Crippen LogP contribution is 2.41. The highest BCUT2D eigenvalue weighted by Gasteiger charge is 2.33. The molecule has 0 bridgehead atoms. The first-order chi connectivity index (χ1) is 12.5. The average molecular weight is 365 g/mol. The molecule has 0 unspecified atom stereocenters. The number of benzene rings is 2. The summed E-state index contributed by atoms with van der Waals surface area (Å²) in [5.74, 6) is 0.340. The van der Waals surface area contributed by atoms with Gasteiger partial charge in [0.15, 0.2) is 4.77 Å². The number of hydrogen-bond acceptors (Lipinski definition) is 3. The lowest BCUT2D eigenvalue weighted by molar-refractivity contribution is 0.0932. The molecule has 2 N–H and O–H groups in total. The first-order valence-electron chi connectivity index (χ1n) is 8.63. The van der Waals surface area contributed by atoms with E-state index in [0.29, 0.717) is 27.2 Å². The molecule has 0 spiro atoms. The standard InChI is InChI=1S/C20H19N3O2S/c1-23-19(25)15-10-9-14(11-16(15)21-20(23)26)18(24)22-17(13-7-8-13)12-5-3-2-4-6-12/h2-6,9-11,13,17H,7-8H2,1H3,(H,21,26)(H,22,24)/t17-/m0/s1. The minimum Gasteiger partial charge on any atom is -0.345 e. The lowest BCUT2D eigenvalue weighted by Gasteiger charge is -2.19. The molecule has 1 heterocycles. The average Bonchev–Trinajstić information content (AvgIpc) is 3.49. The van der Waals surface area contributed by atoms with Gasteiger partial charge in [0.05, 0.1) is 16.9 Å². The topological polar surface area (TPSA) is 66.9 Å². The van der Waals surface area contributed by atoms with Crippen molar-refractivity contribution in [3.63, 3.8) is 0 Å². The van der Waals surface area contributed by atoms with Gasteiger partial charge in [-0.2, -0.15) is 0 Å². The maximum atomic E-state index is 12.8. The van der Waals surface area contributed by atoms with Gasteiger partial charge in [-0.3, -0.25) is 14.2 Å². The summed E-state index contributed by atoms with van der Waals surface area (Å²) in [4.78, 5) is 28.1. The van der Waals surface area contributed by atoms with Gasteiger partial charge in [-0.05, 0) is 54.7 Å². The Morgan fingerprint density at radius 3 is 2.65 bits per heavy atom. The Bertz CT molecular complexity index is 1100. The third-order valence-corrected chi connectivity index (χ3v) is 5.28. The van der Waals surface area contributed by atoms with Crippen LogP contribution in [0.1, 0.15) is 34.8 Å². The van der Waals surface area contributed by atoms with Gasteiger partial charge in [-0.15, -0.1) is 0 Å². The molecule has 1 aliphatic rings. The molecule has 0 saturated heterocycles. The zero-order valence-electron chi connectivity index (χ0n) is 14.4. The lowest BCUT2D eigenvalue weighted by atomic mass is 10.0. The van der Waals surface area contributed by atoms with Crippen LogP contribution in [-0.2, 0) is 7.05 Å². The second-order valence-electron chi connectivity index (χ2n) is 6.75. The van der Waals surface area contributed by atoms with E-state index in [1.54, 1.807) is 25.2 Å². The van der Waals surface area contributed by atoms with Gasteiger partial charge in [0.1, 0.15) is 0 Å². The van der Waals surface area contributed by atoms with E-state index in [9.17, 15) is 9.59 Å². The quantitative estimate of drug-likeness (QED) is 0.696. The smallest absolute Gasteiger partial charge is 0.261 e. The summed E-state index contributed by atoms with van der Waals surface area (Å²) in [7, 11) is 1.63. The van der Waals surface area contributed by atoms with E-state index >= 15 is 0 Å². The van der Waals surface area contributed by atoms with Crippen molar-refractivity contribution >= 4 is 29.0 Å². The molecule has 1 aromatic heterocycles. The number of carbonyl (C=O) groups is 1. The summed E-state index contributed by atoms with van der Waals surface area (Å²) in [6, 6.07) is 15.1. The van der Waals surface area contributed by atoms with Crippen LogP contribution in [0.25, 0.3) is 10.9 Å². The predicted molar refractivity (Wildman–Crippen MR) is 104 cm³/mol. The Labute approximate surface area is 155 Å². The van der Waals surface area contributed by atoms with Crippen molar-refractivity contribution in [3.05, 3.63) is 74.8 Å². The number of nitrogens with one attached hydrogen (secondary N) is 2. The van der Waals surface area contributed by atoms with Crippen LogP contribution >= 0.6 is 12.2 Å². The molecule has 1 aliphatic carbocycles. The Balaban J connectivity index is 1.66. The van der Waals surface area contributed by atoms with E-state index in [-0.39, 0.29) is 17.5 Å². The second-order valence-corrected chi connectivity index (χ2v) is 7.14. The fourth-order valence-electron chi connectivity index (χ4n) is 3.24. The van der Waals surface area contributed by atoms with Crippen LogP contribution in [0.4, 0.5) is 0 Å². The highest BCUT2D eigenvalue weighted by atomic mass is 32.1. The van der Waals surface area contributed by atoms with Crippen LogP contribution < -0.4 is 10.9 Å². The van der Waals surface area contributed by atoms with Gasteiger partial charge in [0.2, 0.25) is 0 Å². The maximum Gasteiger partial charge on any atom is 0.261 e. The first-order valence-corrected chi connectivity index (χ1v) is 9.04. The molecular formula is C20H19N3O2S. The summed E-state index contributed by atoms with van der Waals surface area (Å²) in [5, 5.41) is 3.67. The molecule has 4 rings (SSSR count). The zero-order chi connectivity index (χ0) is 18.3. The number of H-pyrrole nitrogens is 1. The third-order valence-electron chi connectivity index (χ3n) is 4.90. The molecule has 6 heteroatoms. The van der Waals surface area contributed by atoms with Crippen LogP contribution in [-0.4, -0.2) is 15.5 Å². The molecule has 1 fully saturated rings. The number of aromatic nitrogens is 2. The van der Waals surface area contributed by atoms with Crippen molar-refractivity contribution in [2.24, 2.45) is 13.0 Å². The van der Waals surface area contributed by atoms with E-state index in [1.807, 2.05) is 30.3 Å². The number of fused-ring (bicyclic) bond motifs is 1. The summed E-state index contributed by atoms with van der Waals surface area (Å²) < 4.78 is 1.72.